The number of hydrogen-bond donors (Lipinski definition) is 1. The molecular weight excluding hydrogens is 317 g/mol. The Kier molecular flexibility index (Phi) is 5.82. The number of aliphatic imine (C=N–C) groups is 1. The predicted molar refractivity (Wildman–Crippen MR) is 99.5 cm³/mol. The summed E-state index contributed by atoms with van der Waals surface area (Å²) in [5.74, 6) is 0.734. The van der Waals surface area contributed by atoms with E-state index in [1.165, 1.54) is 6.07 Å². The number of guanidine groups is 1. The molecule has 1 saturated heterocycles. The number of aromatic nitrogens is 1. The Bertz CT molecular complexity index is 696. The minimum atomic E-state index is -0.159. The first kappa shape index (κ1) is 17.2. The van der Waals surface area contributed by atoms with Gasteiger partial charge in [-0.25, -0.2) is 4.39 Å². The number of benzene rings is 1. The van der Waals surface area contributed by atoms with Gasteiger partial charge in [-0.05, 0) is 24.3 Å². The van der Waals surface area contributed by atoms with E-state index in [9.17, 15) is 4.39 Å². The molecule has 0 amide bonds. The highest BCUT2D eigenvalue weighted by atomic mass is 19.1. The molecule has 2 heterocycles. The average Bonchev–Trinajstić information content (AvgIpc) is 2.67. The van der Waals surface area contributed by atoms with E-state index in [1.807, 2.05) is 36.5 Å². The summed E-state index contributed by atoms with van der Waals surface area (Å²) in [5, 5.41) is 3.40. The molecule has 1 N–H and O–H groups in total. The van der Waals surface area contributed by atoms with Crippen LogP contribution in [-0.2, 0) is 6.42 Å². The van der Waals surface area contributed by atoms with Crippen LogP contribution in [0.1, 0.15) is 5.69 Å². The molecule has 5 nitrogen and oxygen atoms in total. The van der Waals surface area contributed by atoms with Gasteiger partial charge in [0.1, 0.15) is 5.82 Å². The van der Waals surface area contributed by atoms with E-state index in [4.69, 9.17) is 0 Å². The molecule has 1 fully saturated rings. The Hall–Kier alpha value is -2.63. The van der Waals surface area contributed by atoms with Gasteiger partial charge in [0, 0.05) is 58.1 Å². The van der Waals surface area contributed by atoms with Gasteiger partial charge in [-0.2, -0.15) is 0 Å². The lowest BCUT2D eigenvalue weighted by molar-refractivity contribution is 0.371. The lowest BCUT2D eigenvalue weighted by Crippen LogP contribution is -2.53. The van der Waals surface area contributed by atoms with Crippen molar-refractivity contribution in [3.63, 3.8) is 0 Å². The monoisotopic (exact) mass is 341 g/mol. The minimum Gasteiger partial charge on any atom is -0.366 e. The van der Waals surface area contributed by atoms with Gasteiger partial charge in [-0.1, -0.05) is 18.2 Å². The maximum absolute atomic E-state index is 13.9. The van der Waals surface area contributed by atoms with Crippen molar-refractivity contribution < 1.29 is 4.39 Å². The molecule has 1 aromatic carbocycles. The number of rotatable bonds is 4. The number of pyridine rings is 1. The Morgan fingerprint density at radius 1 is 1.12 bits per heavy atom. The SMILES string of the molecule is CN=C(NCCc1ccccn1)N1CCN(c2ccccc2F)CC1. The molecule has 2 aromatic rings. The van der Waals surface area contributed by atoms with Gasteiger partial charge in [0.2, 0.25) is 0 Å². The fourth-order valence-corrected chi connectivity index (χ4v) is 3.05. The lowest BCUT2D eigenvalue weighted by Gasteiger charge is -2.37. The van der Waals surface area contributed by atoms with Crippen molar-refractivity contribution in [1.82, 2.24) is 15.2 Å². The number of halogens is 1. The van der Waals surface area contributed by atoms with Crippen LogP contribution in [0.25, 0.3) is 0 Å². The largest absolute Gasteiger partial charge is 0.366 e. The van der Waals surface area contributed by atoms with Gasteiger partial charge in [0.05, 0.1) is 5.69 Å². The van der Waals surface area contributed by atoms with Crippen LogP contribution in [0, 0.1) is 5.82 Å². The Morgan fingerprint density at radius 3 is 2.56 bits per heavy atom. The third-order valence-corrected chi connectivity index (χ3v) is 4.37. The number of nitrogens with one attached hydrogen (secondary N) is 1. The van der Waals surface area contributed by atoms with Crippen molar-refractivity contribution in [1.29, 1.82) is 0 Å². The molecule has 0 bridgehead atoms. The molecule has 25 heavy (non-hydrogen) atoms. The van der Waals surface area contributed by atoms with Crippen molar-refractivity contribution in [3.05, 3.63) is 60.2 Å². The number of anilines is 1. The molecule has 0 aliphatic carbocycles. The Labute approximate surface area is 148 Å². The molecule has 0 spiro atoms. The van der Waals surface area contributed by atoms with E-state index < -0.39 is 0 Å². The Morgan fingerprint density at radius 2 is 1.88 bits per heavy atom. The zero-order valence-corrected chi connectivity index (χ0v) is 14.5. The van der Waals surface area contributed by atoms with E-state index in [1.54, 1.807) is 13.1 Å². The van der Waals surface area contributed by atoms with Crippen molar-refractivity contribution in [2.24, 2.45) is 4.99 Å². The third-order valence-electron chi connectivity index (χ3n) is 4.37. The number of para-hydroxylation sites is 1. The van der Waals surface area contributed by atoms with E-state index >= 15 is 0 Å². The summed E-state index contributed by atoms with van der Waals surface area (Å²) < 4.78 is 13.9. The van der Waals surface area contributed by atoms with Gasteiger partial charge < -0.3 is 15.1 Å². The standard InChI is InChI=1S/C19H24FN5/c1-21-19(23-11-9-16-6-4-5-10-22-16)25-14-12-24(13-15-25)18-8-3-2-7-17(18)20/h2-8,10H,9,11-15H2,1H3,(H,21,23). The van der Waals surface area contributed by atoms with Crippen LogP contribution in [-0.4, -0.2) is 55.6 Å². The second-order valence-electron chi connectivity index (χ2n) is 5.97. The van der Waals surface area contributed by atoms with Gasteiger partial charge in [-0.3, -0.25) is 9.98 Å². The summed E-state index contributed by atoms with van der Waals surface area (Å²) in [4.78, 5) is 13.0. The first-order valence-corrected chi connectivity index (χ1v) is 8.63. The Balaban J connectivity index is 1.50. The van der Waals surface area contributed by atoms with Crippen molar-refractivity contribution in [2.45, 2.75) is 6.42 Å². The van der Waals surface area contributed by atoms with Crippen LogP contribution in [0.4, 0.5) is 10.1 Å². The number of hydrogen-bond acceptors (Lipinski definition) is 3. The first-order chi connectivity index (χ1) is 12.3. The van der Waals surface area contributed by atoms with Crippen molar-refractivity contribution in [2.75, 3.05) is 44.7 Å². The van der Waals surface area contributed by atoms with Crippen LogP contribution < -0.4 is 10.2 Å². The molecule has 1 aliphatic rings. The maximum Gasteiger partial charge on any atom is 0.193 e. The van der Waals surface area contributed by atoms with E-state index in [0.29, 0.717) is 5.69 Å². The molecule has 3 rings (SSSR count). The summed E-state index contributed by atoms with van der Waals surface area (Å²) in [7, 11) is 1.80. The summed E-state index contributed by atoms with van der Waals surface area (Å²) in [5.41, 5.74) is 1.75. The average molecular weight is 341 g/mol. The van der Waals surface area contributed by atoms with Crippen LogP contribution >= 0.6 is 0 Å². The van der Waals surface area contributed by atoms with Crippen molar-refractivity contribution >= 4 is 11.6 Å². The fourth-order valence-electron chi connectivity index (χ4n) is 3.05. The van der Waals surface area contributed by atoms with Crippen LogP contribution in [0.15, 0.2) is 53.7 Å². The minimum absolute atomic E-state index is 0.159. The topological polar surface area (TPSA) is 43.8 Å². The molecule has 0 atom stereocenters. The molecule has 1 aromatic heterocycles. The van der Waals surface area contributed by atoms with E-state index in [-0.39, 0.29) is 5.82 Å². The number of nitrogens with zero attached hydrogens (tertiary/aromatic N) is 4. The van der Waals surface area contributed by atoms with Crippen LogP contribution in [0.5, 0.6) is 0 Å². The summed E-state index contributed by atoms with van der Waals surface area (Å²) in [6.07, 6.45) is 2.67. The first-order valence-electron chi connectivity index (χ1n) is 8.63. The zero-order chi connectivity index (χ0) is 17.5. The summed E-state index contributed by atoms with van der Waals surface area (Å²) >= 11 is 0. The van der Waals surface area contributed by atoms with Gasteiger partial charge in [-0.15, -0.1) is 0 Å². The summed E-state index contributed by atoms with van der Waals surface area (Å²) in [6.45, 7) is 3.98. The molecule has 1 aliphatic heterocycles. The highest BCUT2D eigenvalue weighted by Gasteiger charge is 2.21. The molecule has 132 valence electrons. The van der Waals surface area contributed by atoms with Crippen LogP contribution in [0.2, 0.25) is 0 Å². The normalized spacial score (nSPS) is 15.4. The lowest BCUT2D eigenvalue weighted by atomic mass is 10.2. The van der Waals surface area contributed by atoms with Gasteiger partial charge >= 0.3 is 0 Å². The highest BCUT2D eigenvalue weighted by molar-refractivity contribution is 5.80. The van der Waals surface area contributed by atoms with E-state index in [0.717, 1.165) is 50.8 Å². The van der Waals surface area contributed by atoms with E-state index in [2.05, 4.69) is 25.1 Å². The zero-order valence-electron chi connectivity index (χ0n) is 14.5. The highest BCUT2D eigenvalue weighted by Crippen LogP contribution is 2.20. The van der Waals surface area contributed by atoms with Crippen LogP contribution in [0.3, 0.4) is 0 Å². The molecule has 0 radical (unpaired) electrons. The second-order valence-corrected chi connectivity index (χ2v) is 5.97. The quantitative estimate of drug-likeness (QED) is 0.684. The molecule has 0 unspecified atom stereocenters. The maximum atomic E-state index is 13.9. The van der Waals surface area contributed by atoms with Crippen molar-refractivity contribution in [3.8, 4) is 0 Å². The third kappa shape index (κ3) is 4.47. The molecule has 6 heteroatoms. The molecular formula is C19H24FN5. The predicted octanol–water partition coefficient (Wildman–Crippen LogP) is 2.16. The second kappa shape index (κ2) is 8.46. The summed E-state index contributed by atoms with van der Waals surface area (Å²) in [6, 6.07) is 12.9. The number of piperazine rings is 1. The smallest absolute Gasteiger partial charge is 0.193 e. The molecule has 0 saturated carbocycles. The van der Waals surface area contributed by atoms with Gasteiger partial charge in [0.15, 0.2) is 5.96 Å². The fraction of sp³-hybridized carbons (Fsp3) is 0.368. The van der Waals surface area contributed by atoms with Gasteiger partial charge in [0.25, 0.3) is 0 Å².